The molecule has 0 aliphatic carbocycles. The summed E-state index contributed by atoms with van der Waals surface area (Å²) in [5.74, 6) is -0.856. The lowest BCUT2D eigenvalue weighted by Crippen LogP contribution is -2.45. The third-order valence-electron chi connectivity index (χ3n) is 2.39. The molecule has 7 heteroatoms. The molecule has 1 rings (SSSR count). The Morgan fingerprint density at radius 2 is 2.11 bits per heavy atom. The van der Waals surface area contributed by atoms with Crippen molar-refractivity contribution in [1.82, 2.24) is 5.32 Å². The molecule has 1 aromatic carbocycles. The second-order valence-corrected chi connectivity index (χ2v) is 3.88. The summed E-state index contributed by atoms with van der Waals surface area (Å²) in [5.41, 5.74) is 1.33. The first-order valence-corrected chi connectivity index (χ1v) is 5.53. The van der Waals surface area contributed by atoms with Crippen LogP contribution in [0.1, 0.15) is 5.56 Å². The summed E-state index contributed by atoms with van der Waals surface area (Å²) in [6.45, 7) is 1.16. The lowest BCUT2D eigenvalue weighted by atomic mass is 10.2. The number of ether oxygens (including phenoxy) is 1. The van der Waals surface area contributed by atoms with Gasteiger partial charge in [0, 0.05) is 0 Å². The second kappa shape index (κ2) is 6.60. The molecule has 1 atom stereocenters. The molecule has 1 aromatic rings. The molecule has 0 radical (unpaired) electrons. The first-order chi connectivity index (χ1) is 8.97. The molecule has 0 spiro atoms. The summed E-state index contributed by atoms with van der Waals surface area (Å²) >= 11 is 0. The Bertz CT molecular complexity index is 475. The number of aliphatic carboxylic acids is 1. The number of aliphatic hydroxyl groups excluding tert-OH is 1. The van der Waals surface area contributed by atoms with E-state index in [-0.39, 0.29) is 0 Å². The third-order valence-corrected chi connectivity index (χ3v) is 2.39. The van der Waals surface area contributed by atoms with Gasteiger partial charge in [-0.05, 0) is 24.6 Å². The van der Waals surface area contributed by atoms with E-state index >= 15 is 0 Å². The lowest BCUT2D eigenvalue weighted by Gasteiger charge is -2.14. The number of carbonyl (C=O) groups excluding carboxylic acids is 1. The molecular formula is C12H16N2O5. The van der Waals surface area contributed by atoms with Gasteiger partial charge in [-0.25, -0.2) is 9.59 Å². The Morgan fingerprint density at radius 3 is 2.63 bits per heavy atom. The lowest BCUT2D eigenvalue weighted by molar-refractivity contribution is -0.140. The monoisotopic (exact) mass is 268 g/mol. The van der Waals surface area contributed by atoms with Gasteiger partial charge in [0.15, 0.2) is 6.04 Å². The molecule has 0 heterocycles. The fourth-order valence-corrected chi connectivity index (χ4v) is 1.42. The van der Waals surface area contributed by atoms with Gasteiger partial charge in [-0.15, -0.1) is 0 Å². The molecule has 0 saturated carbocycles. The van der Waals surface area contributed by atoms with Gasteiger partial charge in [0.05, 0.1) is 19.4 Å². The van der Waals surface area contributed by atoms with Gasteiger partial charge >= 0.3 is 12.0 Å². The molecule has 104 valence electrons. The van der Waals surface area contributed by atoms with Gasteiger partial charge in [0.25, 0.3) is 0 Å². The number of hydrogen-bond donors (Lipinski definition) is 4. The maximum atomic E-state index is 11.6. The van der Waals surface area contributed by atoms with Gasteiger partial charge < -0.3 is 25.6 Å². The number of aliphatic hydroxyl groups is 1. The van der Waals surface area contributed by atoms with Crippen molar-refractivity contribution in [2.24, 2.45) is 0 Å². The van der Waals surface area contributed by atoms with Gasteiger partial charge in [-0.3, -0.25) is 0 Å². The Labute approximate surface area is 110 Å². The van der Waals surface area contributed by atoms with Gasteiger partial charge in [0.1, 0.15) is 5.75 Å². The van der Waals surface area contributed by atoms with E-state index < -0.39 is 24.6 Å². The van der Waals surface area contributed by atoms with Crippen LogP contribution >= 0.6 is 0 Å². The normalized spacial score (nSPS) is 11.5. The van der Waals surface area contributed by atoms with E-state index in [1.54, 1.807) is 12.1 Å². The van der Waals surface area contributed by atoms with Crippen LogP contribution in [-0.4, -0.2) is 42.0 Å². The minimum atomic E-state index is -1.35. The quantitative estimate of drug-likeness (QED) is 0.624. The molecule has 19 heavy (non-hydrogen) atoms. The molecule has 0 aliphatic heterocycles. The third kappa shape index (κ3) is 4.14. The van der Waals surface area contributed by atoms with Crippen molar-refractivity contribution in [3.8, 4) is 5.75 Å². The van der Waals surface area contributed by atoms with E-state index in [2.05, 4.69) is 10.6 Å². The van der Waals surface area contributed by atoms with Crippen LogP contribution in [-0.2, 0) is 4.79 Å². The zero-order valence-electron chi connectivity index (χ0n) is 10.6. The molecule has 0 saturated heterocycles. The summed E-state index contributed by atoms with van der Waals surface area (Å²) in [6.07, 6.45) is 0. The number of anilines is 1. The zero-order valence-corrected chi connectivity index (χ0v) is 10.6. The predicted octanol–water partition coefficient (Wildman–Crippen LogP) is 0.571. The van der Waals surface area contributed by atoms with Crippen molar-refractivity contribution in [2.45, 2.75) is 13.0 Å². The van der Waals surface area contributed by atoms with Gasteiger partial charge in [-0.1, -0.05) is 6.07 Å². The number of carbonyl (C=O) groups is 2. The van der Waals surface area contributed by atoms with E-state index in [1.165, 1.54) is 7.11 Å². The van der Waals surface area contributed by atoms with Crippen LogP contribution in [0.4, 0.5) is 10.5 Å². The van der Waals surface area contributed by atoms with Crippen molar-refractivity contribution in [3.05, 3.63) is 23.8 Å². The number of nitrogens with one attached hydrogen (secondary N) is 2. The van der Waals surface area contributed by atoms with Crippen LogP contribution in [0.5, 0.6) is 5.75 Å². The number of urea groups is 1. The van der Waals surface area contributed by atoms with E-state index in [1.807, 2.05) is 13.0 Å². The van der Waals surface area contributed by atoms with E-state index in [0.29, 0.717) is 11.4 Å². The minimum Gasteiger partial charge on any atom is -0.495 e. The van der Waals surface area contributed by atoms with E-state index in [0.717, 1.165) is 5.56 Å². The minimum absolute atomic E-state index is 0.419. The number of amides is 2. The van der Waals surface area contributed by atoms with Crippen LogP contribution in [0.25, 0.3) is 0 Å². The predicted molar refractivity (Wildman–Crippen MR) is 68.4 cm³/mol. The van der Waals surface area contributed by atoms with Crippen LogP contribution in [0, 0.1) is 6.92 Å². The number of carboxylic acid groups (broad SMARTS) is 1. The fraction of sp³-hybridized carbons (Fsp3) is 0.333. The average Bonchev–Trinajstić information content (AvgIpc) is 2.35. The van der Waals surface area contributed by atoms with Crippen LogP contribution in [0.3, 0.4) is 0 Å². The number of aryl methyl sites for hydroxylation is 1. The number of benzene rings is 1. The molecule has 7 nitrogen and oxygen atoms in total. The highest BCUT2D eigenvalue weighted by atomic mass is 16.5. The summed E-state index contributed by atoms with van der Waals surface area (Å²) in [4.78, 5) is 22.3. The Balaban J connectivity index is 2.76. The topological polar surface area (TPSA) is 108 Å². The average molecular weight is 268 g/mol. The molecule has 0 aromatic heterocycles. The molecule has 1 unspecified atom stereocenters. The Kier molecular flexibility index (Phi) is 5.13. The van der Waals surface area contributed by atoms with Crippen LogP contribution in [0.2, 0.25) is 0 Å². The highest BCUT2D eigenvalue weighted by Crippen LogP contribution is 2.24. The standard InChI is InChI=1S/C12H16N2O5/c1-7-3-4-10(19-2)8(5-7)13-12(18)14-9(6-15)11(16)17/h3-5,9,15H,6H2,1-2H3,(H,16,17)(H2,13,14,18). The van der Waals surface area contributed by atoms with Crippen molar-refractivity contribution >= 4 is 17.7 Å². The molecule has 4 N–H and O–H groups in total. The first-order valence-electron chi connectivity index (χ1n) is 5.53. The molecule has 0 bridgehead atoms. The molecule has 2 amide bonds. The molecule has 0 aliphatic rings. The molecular weight excluding hydrogens is 252 g/mol. The van der Waals surface area contributed by atoms with Crippen LogP contribution < -0.4 is 15.4 Å². The van der Waals surface area contributed by atoms with Gasteiger partial charge in [-0.2, -0.15) is 0 Å². The Morgan fingerprint density at radius 1 is 1.42 bits per heavy atom. The highest BCUT2D eigenvalue weighted by Gasteiger charge is 2.19. The fourth-order valence-electron chi connectivity index (χ4n) is 1.42. The SMILES string of the molecule is COc1ccc(C)cc1NC(=O)NC(CO)C(=O)O. The van der Waals surface area contributed by atoms with Crippen LogP contribution in [0.15, 0.2) is 18.2 Å². The first kappa shape index (κ1) is 14.8. The Hall–Kier alpha value is -2.28. The summed E-state index contributed by atoms with van der Waals surface area (Å²) in [5, 5.41) is 22.1. The number of rotatable bonds is 5. The van der Waals surface area contributed by atoms with Crippen molar-refractivity contribution < 1.29 is 24.5 Å². The second-order valence-electron chi connectivity index (χ2n) is 3.88. The smallest absolute Gasteiger partial charge is 0.328 e. The molecule has 0 fully saturated rings. The number of hydrogen-bond acceptors (Lipinski definition) is 4. The van der Waals surface area contributed by atoms with Crippen molar-refractivity contribution in [2.75, 3.05) is 19.0 Å². The van der Waals surface area contributed by atoms with E-state index in [9.17, 15) is 9.59 Å². The largest absolute Gasteiger partial charge is 0.495 e. The van der Waals surface area contributed by atoms with Crippen molar-refractivity contribution in [1.29, 1.82) is 0 Å². The maximum Gasteiger partial charge on any atom is 0.328 e. The summed E-state index contributed by atoms with van der Waals surface area (Å²) in [6, 6.07) is 3.11. The highest BCUT2D eigenvalue weighted by molar-refractivity contribution is 5.93. The summed E-state index contributed by atoms with van der Waals surface area (Å²) in [7, 11) is 1.46. The number of carboxylic acids is 1. The maximum absolute atomic E-state index is 11.6. The zero-order chi connectivity index (χ0) is 14.4. The van der Waals surface area contributed by atoms with E-state index in [4.69, 9.17) is 14.9 Å². The van der Waals surface area contributed by atoms with Crippen molar-refractivity contribution in [3.63, 3.8) is 0 Å². The summed E-state index contributed by atoms with van der Waals surface area (Å²) < 4.78 is 5.07. The number of methoxy groups -OCH3 is 1. The van der Waals surface area contributed by atoms with Gasteiger partial charge in [0.2, 0.25) is 0 Å².